The summed E-state index contributed by atoms with van der Waals surface area (Å²) in [6.07, 6.45) is 17.0. The summed E-state index contributed by atoms with van der Waals surface area (Å²) in [6, 6.07) is 3.42. The summed E-state index contributed by atoms with van der Waals surface area (Å²) in [4.78, 5) is 0. The lowest BCUT2D eigenvalue weighted by Crippen LogP contribution is -2.25. The van der Waals surface area contributed by atoms with E-state index in [1.54, 1.807) is 12.1 Å². The third-order valence-electron chi connectivity index (χ3n) is 7.82. The lowest BCUT2D eigenvalue weighted by molar-refractivity contribution is 0.155. The van der Waals surface area contributed by atoms with Crippen molar-refractivity contribution >= 4 is 0 Å². The van der Waals surface area contributed by atoms with Crippen molar-refractivity contribution in [1.82, 2.24) is 0 Å². The second-order valence-corrected chi connectivity index (χ2v) is 9.87. The topological polar surface area (TPSA) is 9.23 Å². The number of hydrogen-bond donors (Lipinski definition) is 0. The number of ether oxygens (including phenoxy) is 1. The molecule has 0 amide bonds. The number of benzene rings is 1. The summed E-state index contributed by atoms with van der Waals surface area (Å²) in [5.41, 5.74) is 0.565. The van der Waals surface area contributed by atoms with Gasteiger partial charge < -0.3 is 4.74 Å². The van der Waals surface area contributed by atoms with Crippen molar-refractivity contribution in [2.45, 2.75) is 110 Å². The quantitative estimate of drug-likeness (QED) is 0.344. The van der Waals surface area contributed by atoms with Gasteiger partial charge in [-0.25, -0.2) is 4.39 Å². The Bertz CT molecular complexity index is 628. The van der Waals surface area contributed by atoms with Crippen LogP contribution in [0.15, 0.2) is 12.1 Å². The van der Waals surface area contributed by atoms with Crippen molar-refractivity contribution < 1.29 is 13.5 Å². The Hall–Kier alpha value is -1.12. The van der Waals surface area contributed by atoms with Gasteiger partial charge in [-0.05, 0) is 80.2 Å². The van der Waals surface area contributed by atoms with E-state index >= 15 is 0 Å². The molecule has 0 N–H and O–H groups in total. The molecule has 2 aliphatic rings. The van der Waals surface area contributed by atoms with Crippen molar-refractivity contribution in [2.24, 2.45) is 17.8 Å². The molecule has 2 fully saturated rings. The van der Waals surface area contributed by atoms with E-state index in [1.807, 2.05) is 0 Å². The Labute approximate surface area is 183 Å². The van der Waals surface area contributed by atoms with E-state index in [4.69, 9.17) is 4.74 Å². The molecule has 0 atom stereocenters. The van der Waals surface area contributed by atoms with E-state index in [0.717, 1.165) is 49.9 Å². The largest absolute Gasteiger partial charge is 0.490 e. The molecular weight excluding hydrogens is 378 g/mol. The first-order valence-corrected chi connectivity index (χ1v) is 12.7. The molecule has 3 rings (SSSR count). The highest BCUT2D eigenvalue weighted by Gasteiger charge is 2.32. The molecule has 30 heavy (non-hydrogen) atoms. The van der Waals surface area contributed by atoms with Crippen LogP contribution in [0.3, 0.4) is 0 Å². The van der Waals surface area contributed by atoms with Crippen LogP contribution in [0.25, 0.3) is 0 Å². The minimum absolute atomic E-state index is 0.0703. The van der Waals surface area contributed by atoms with Gasteiger partial charge in [-0.2, -0.15) is 4.39 Å². The molecule has 0 heterocycles. The Balaban J connectivity index is 1.48. The molecule has 2 saturated carbocycles. The normalized spacial score (nSPS) is 27.2. The standard InChI is InChI=1S/C27H42F2O/c1-3-5-7-19-30-25-18-17-24(26(28)27(25)29)23-15-13-22(14-16-23)21-11-9-20(10-12-21)8-6-4-2/h17-18,20-23H,3-16,19H2,1-2H3/t20-,21-,22?,23?. The highest BCUT2D eigenvalue weighted by molar-refractivity contribution is 5.33. The van der Waals surface area contributed by atoms with Crippen LogP contribution >= 0.6 is 0 Å². The second-order valence-electron chi connectivity index (χ2n) is 9.87. The number of unbranched alkanes of at least 4 members (excludes halogenated alkanes) is 3. The van der Waals surface area contributed by atoms with Crippen LogP contribution in [0.1, 0.15) is 115 Å². The monoisotopic (exact) mass is 420 g/mol. The lowest BCUT2D eigenvalue weighted by Gasteiger charge is -2.38. The average molecular weight is 421 g/mol. The van der Waals surface area contributed by atoms with Crippen LogP contribution in [0.4, 0.5) is 8.78 Å². The zero-order valence-electron chi connectivity index (χ0n) is 19.2. The van der Waals surface area contributed by atoms with E-state index in [1.165, 1.54) is 57.8 Å². The first kappa shape index (κ1) is 23.5. The van der Waals surface area contributed by atoms with E-state index in [9.17, 15) is 8.78 Å². The van der Waals surface area contributed by atoms with Gasteiger partial charge in [-0.1, -0.05) is 64.9 Å². The van der Waals surface area contributed by atoms with Gasteiger partial charge in [0.25, 0.3) is 0 Å². The van der Waals surface area contributed by atoms with Gasteiger partial charge in [0.05, 0.1) is 6.61 Å². The van der Waals surface area contributed by atoms with Gasteiger partial charge in [0, 0.05) is 0 Å². The van der Waals surface area contributed by atoms with Crippen LogP contribution in [-0.4, -0.2) is 6.61 Å². The fraction of sp³-hybridized carbons (Fsp3) is 0.778. The molecule has 0 spiro atoms. The van der Waals surface area contributed by atoms with Gasteiger partial charge in [0.15, 0.2) is 11.6 Å². The van der Waals surface area contributed by atoms with E-state index in [2.05, 4.69) is 13.8 Å². The molecule has 2 aliphatic carbocycles. The summed E-state index contributed by atoms with van der Waals surface area (Å²) in [5, 5.41) is 0. The predicted molar refractivity (Wildman–Crippen MR) is 121 cm³/mol. The molecular formula is C27H42F2O. The number of halogens is 2. The Morgan fingerprint density at radius 3 is 2.03 bits per heavy atom. The molecule has 1 aromatic carbocycles. The summed E-state index contributed by atoms with van der Waals surface area (Å²) in [7, 11) is 0. The predicted octanol–water partition coefficient (Wildman–Crippen LogP) is 8.80. The lowest BCUT2D eigenvalue weighted by atomic mass is 9.68. The van der Waals surface area contributed by atoms with Crippen molar-refractivity contribution in [2.75, 3.05) is 6.61 Å². The molecule has 0 bridgehead atoms. The molecule has 0 radical (unpaired) electrons. The average Bonchev–Trinajstić information content (AvgIpc) is 2.78. The van der Waals surface area contributed by atoms with E-state index in [-0.39, 0.29) is 11.7 Å². The van der Waals surface area contributed by atoms with Gasteiger partial charge >= 0.3 is 0 Å². The third-order valence-corrected chi connectivity index (χ3v) is 7.82. The van der Waals surface area contributed by atoms with Gasteiger partial charge in [-0.3, -0.25) is 0 Å². The van der Waals surface area contributed by atoms with Crippen LogP contribution in [0.2, 0.25) is 0 Å². The number of hydrogen-bond acceptors (Lipinski definition) is 1. The third kappa shape index (κ3) is 6.20. The van der Waals surface area contributed by atoms with Gasteiger partial charge in [-0.15, -0.1) is 0 Å². The summed E-state index contributed by atoms with van der Waals surface area (Å²) in [6.45, 7) is 4.85. The molecule has 0 aliphatic heterocycles. The van der Waals surface area contributed by atoms with Crippen LogP contribution in [0, 0.1) is 29.4 Å². The smallest absolute Gasteiger partial charge is 0.200 e. The summed E-state index contributed by atoms with van der Waals surface area (Å²) in [5.74, 6) is 1.37. The minimum atomic E-state index is -0.795. The van der Waals surface area contributed by atoms with E-state index in [0.29, 0.717) is 12.2 Å². The minimum Gasteiger partial charge on any atom is -0.490 e. The van der Waals surface area contributed by atoms with E-state index < -0.39 is 11.6 Å². The maximum absolute atomic E-state index is 14.8. The van der Waals surface area contributed by atoms with Gasteiger partial charge in [0.1, 0.15) is 0 Å². The second kappa shape index (κ2) is 12.1. The molecule has 0 aromatic heterocycles. The fourth-order valence-corrected chi connectivity index (χ4v) is 5.85. The van der Waals surface area contributed by atoms with Crippen molar-refractivity contribution in [3.63, 3.8) is 0 Å². The maximum atomic E-state index is 14.8. The zero-order chi connectivity index (χ0) is 21.3. The highest BCUT2D eigenvalue weighted by atomic mass is 19.2. The Kier molecular flexibility index (Phi) is 9.46. The SMILES string of the molecule is CCCCCOc1ccc(C2CCC([C@H]3CC[C@H](CCCC)CC3)CC2)c(F)c1F. The van der Waals surface area contributed by atoms with Crippen molar-refractivity contribution in [3.8, 4) is 5.75 Å². The number of rotatable bonds is 10. The molecule has 170 valence electrons. The molecule has 1 nitrogen and oxygen atoms in total. The molecule has 1 aromatic rings. The van der Waals surface area contributed by atoms with Crippen LogP contribution in [0.5, 0.6) is 5.75 Å². The summed E-state index contributed by atoms with van der Waals surface area (Å²) >= 11 is 0. The zero-order valence-corrected chi connectivity index (χ0v) is 19.2. The molecule has 3 heteroatoms. The van der Waals surface area contributed by atoms with Crippen molar-refractivity contribution in [1.29, 1.82) is 0 Å². The first-order valence-electron chi connectivity index (χ1n) is 12.7. The highest BCUT2D eigenvalue weighted by Crippen LogP contribution is 2.45. The Morgan fingerprint density at radius 1 is 0.767 bits per heavy atom. The fourth-order valence-electron chi connectivity index (χ4n) is 5.85. The first-order chi connectivity index (χ1) is 14.6. The van der Waals surface area contributed by atoms with Crippen LogP contribution in [-0.2, 0) is 0 Å². The summed E-state index contributed by atoms with van der Waals surface area (Å²) < 4.78 is 34.8. The maximum Gasteiger partial charge on any atom is 0.200 e. The van der Waals surface area contributed by atoms with Crippen LogP contribution < -0.4 is 4.74 Å². The van der Waals surface area contributed by atoms with Crippen molar-refractivity contribution in [3.05, 3.63) is 29.3 Å². The molecule has 0 saturated heterocycles. The van der Waals surface area contributed by atoms with Gasteiger partial charge in [0.2, 0.25) is 5.82 Å². The molecule has 0 unspecified atom stereocenters. The Morgan fingerprint density at radius 2 is 1.40 bits per heavy atom.